The summed E-state index contributed by atoms with van der Waals surface area (Å²) >= 11 is 23.6. The van der Waals surface area contributed by atoms with Crippen molar-refractivity contribution < 1.29 is 18.0 Å². The first-order valence-electron chi connectivity index (χ1n) is 11.3. The molecule has 0 radical (unpaired) electrons. The third-order valence-electron chi connectivity index (χ3n) is 5.32. The standard InChI is InChI=1S/C25H24Cl3N5O4S2/c1-15-11-13-17(14-12-15)39(36,37)33-32-22(35)19-9-5-6-10-20(19)29-24(38)31-23(25(26,27)28)30-21(34)18-8-4-3-7-16(18)2/h3-14,23,33H,1-2H3,(H,30,34)(H,32,35)(H2,29,31,38). The van der Waals surface area contributed by atoms with Gasteiger partial charge in [-0.1, -0.05) is 82.8 Å². The van der Waals surface area contributed by atoms with Crippen molar-refractivity contribution in [2.75, 3.05) is 5.32 Å². The Morgan fingerprint density at radius 2 is 1.41 bits per heavy atom. The predicted octanol–water partition coefficient (Wildman–Crippen LogP) is 4.34. The van der Waals surface area contributed by atoms with Crippen LogP contribution in [0, 0.1) is 13.8 Å². The molecule has 1 atom stereocenters. The summed E-state index contributed by atoms with van der Waals surface area (Å²) < 4.78 is 23.0. The van der Waals surface area contributed by atoms with Gasteiger partial charge in [-0.05, 0) is 62.0 Å². The van der Waals surface area contributed by atoms with E-state index in [-0.39, 0.29) is 21.3 Å². The fourth-order valence-electron chi connectivity index (χ4n) is 3.27. The SMILES string of the molecule is Cc1ccc(S(=O)(=O)NNC(=O)c2ccccc2NC(=S)NC(NC(=O)c2ccccc2C)C(Cl)(Cl)Cl)cc1. The van der Waals surface area contributed by atoms with Gasteiger partial charge in [0.05, 0.1) is 16.1 Å². The zero-order chi connectivity index (χ0) is 28.8. The molecule has 39 heavy (non-hydrogen) atoms. The normalized spacial score (nSPS) is 12.2. The van der Waals surface area contributed by atoms with Gasteiger partial charge in [0, 0.05) is 5.56 Å². The van der Waals surface area contributed by atoms with Crippen LogP contribution in [0.15, 0.2) is 77.7 Å². The highest BCUT2D eigenvalue weighted by Crippen LogP contribution is 2.29. The molecule has 0 heterocycles. The molecule has 3 aromatic carbocycles. The number of carbonyl (C=O) groups excluding carboxylic acids is 2. The van der Waals surface area contributed by atoms with E-state index in [1.54, 1.807) is 55.5 Å². The molecular formula is C25H24Cl3N5O4S2. The van der Waals surface area contributed by atoms with Crippen molar-refractivity contribution in [1.82, 2.24) is 20.9 Å². The Balaban J connectivity index is 1.70. The molecule has 0 saturated heterocycles. The maximum atomic E-state index is 12.8. The zero-order valence-corrected chi connectivity index (χ0v) is 24.5. The Kier molecular flexibility index (Phi) is 10.2. The number of hydrogen-bond donors (Lipinski definition) is 5. The van der Waals surface area contributed by atoms with Crippen molar-refractivity contribution >= 4 is 79.7 Å². The number of nitrogens with one attached hydrogen (secondary N) is 5. The molecule has 3 aromatic rings. The lowest BCUT2D eigenvalue weighted by Gasteiger charge is -2.28. The van der Waals surface area contributed by atoms with Crippen molar-refractivity contribution in [2.24, 2.45) is 0 Å². The summed E-state index contributed by atoms with van der Waals surface area (Å²) in [6.07, 6.45) is -1.25. The van der Waals surface area contributed by atoms with E-state index < -0.39 is 31.8 Å². The zero-order valence-electron chi connectivity index (χ0n) is 20.6. The van der Waals surface area contributed by atoms with Crippen molar-refractivity contribution in [1.29, 1.82) is 0 Å². The second kappa shape index (κ2) is 12.9. The molecule has 0 saturated carbocycles. The van der Waals surface area contributed by atoms with Crippen molar-refractivity contribution in [3.05, 3.63) is 95.1 Å². The van der Waals surface area contributed by atoms with Gasteiger partial charge in [-0.25, -0.2) is 8.42 Å². The van der Waals surface area contributed by atoms with Crippen molar-refractivity contribution in [3.63, 3.8) is 0 Å². The summed E-state index contributed by atoms with van der Waals surface area (Å²) in [5.74, 6) is -1.26. The highest BCUT2D eigenvalue weighted by Gasteiger charge is 2.35. The first-order chi connectivity index (χ1) is 18.3. The minimum Gasteiger partial charge on any atom is -0.339 e. The largest absolute Gasteiger partial charge is 0.339 e. The lowest BCUT2D eigenvalue weighted by Crippen LogP contribution is -2.56. The van der Waals surface area contributed by atoms with Crippen LogP contribution in [0.4, 0.5) is 5.69 Å². The topological polar surface area (TPSA) is 128 Å². The number of halogens is 3. The first kappa shape index (κ1) is 30.6. The number of amides is 2. The third kappa shape index (κ3) is 8.53. The molecule has 3 rings (SSSR count). The molecule has 0 aliphatic rings. The van der Waals surface area contributed by atoms with Gasteiger partial charge in [0.2, 0.25) is 3.79 Å². The fourth-order valence-corrected chi connectivity index (χ4v) is 4.67. The van der Waals surface area contributed by atoms with E-state index in [9.17, 15) is 18.0 Å². The molecule has 0 aromatic heterocycles. The van der Waals surface area contributed by atoms with Crippen LogP contribution in [-0.2, 0) is 10.0 Å². The number of alkyl halides is 3. The Morgan fingerprint density at radius 3 is 2.03 bits per heavy atom. The smallest absolute Gasteiger partial charge is 0.268 e. The molecule has 9 nitrogen and oxygen atoms in total. The van der Waals surface area contributed by atoms with Gasteiger partial charge in [-0.2, -0.15) is 0 Å². The van der Waals surface area contributed by atoms with Gasteiger partial charge in [-0.15, -0.1) is 4.83 Å². The molecular weight excluding hydrogens is 605 g/mol. The van der Waals surface area contributed by atoms with Crippen molar-refractivity contribution in [3.8, 4) is 0 Å². The quantitative estimate of drug-likeness (QED) is 0.109. The molecule has 5 N–H and O–H groups in total. The van der Waals surface area contributed by atoms with E-state index in [1.807, 2.05) is 6.92 Å². The molecule has 2 amide bonds. The highest BCUT2D eigenvalue weighted by molar-refractivity contribution is 7.89. The summed E-state index contributed by atoms with van der Waals surface area (Å²) in [4.78, 5) is 27.7. The monoisotopic (exact) mass is 627 g/mol. The van der Waals surface area contributed by atoms with Crippen LogP contribution >= 0.6 is 47.0 Å². The molecule has 0 fully saturated rings. The number of thiocarbonyl (C=S) groups is 1. The van der Waals surface area contributed by atoms with Crippen LogP contribution in [0.5, 0.6) is 0 Å². The van der Waals surface area contributed by atoms with E-state index >= 15 is 0 Å². The summed E-state index contributed by atoms with van der Waals surface area (Å²) in [7, 11) is -4.01. The van der Waals surface area contributed by atoms with Crippen LogP contribution in [0.3, 0.4) is 0 Å². The van der Waals surface area contributed by atoms with Crippen LogP contribution in [0.1, 0.15) is 31.8 Å². The number of hydrogen-bond acceptors (Lipinski definition) is 5. The van der Waals surface area contributed by atoms with Gasteiger partial charge in [0.25, 0.3) is 21.8 Å². The first-order valence-corrected chi connectivity index (χ1v) is 14.3. The van der Waals surface area contributed by atoms with Gasteiger partial charge >= 0.3 is 0 Å². The average molecular weight is 629 g/mol. The van der Waals surface area contributed by atoms with Gasteiger partial charge in [0.1, 0.15) is 6.17 Å². The van der Waals surface area contributed by atoms with Crippen LogP contribution in [0.2, 0.25) is 0 Å². The van der Waals surface area contributed by atoms with Gasteiger partial charge in [-0.3, -0.25) is 15.0 Å². The number of sulfonamides is 1. The molecule has 14 heteroatoms. The molecule has 1 unspecified atom stereocenters. The summed E-state index contributed by atoms with van der Waals surface area (Å²) in [5.41, 5.74) is 4.44. The van der Waals surface area contributed by atoms with E-state index in [0.717, 1.165) is 11.1 Å². The second-order valence-corrected chi connectivity index (χ2v) is 12.7. The van der Waals surface area contributed by atoms with Gasteiger partial charge in [0.15, 0.2) is 5.11 Å². The summed E-state index contributed by atoms with van der Waals surface area (Å²) in [6.45, 7) is 3.59. The molecule has 206 valence electrons. The lowest BCUT2D eigenvalue weighted by atomic mass is 10.1. The van der Waals surface area contributed by atoms with Crippen LogP contribution in [-0.4, -0.2) is 35.3 Å². The van der Waals surface area contributed by atoms with Crippen LogP contribution < -0.4 is 26.2 Å². The fraction of sp³-hybridized carbons (Fsp3) is 0.160. The molecule has 0 spiro atoms. The Hall–Kier alpha value is -2.93. The van der Waals surface area contributed by atoms with Crippen molar-refractivity contribution in [2.45, 2.75) is 28.7 Å². The van der Waals surface area contributed by atoms with E-state index in [4.69, 9.17) is 47.0 Å². The van der Waals surface area contributed by atoms with Gasteiger partial charge < -0.3 is 16.0 Å². The number of hydrazine groups is 1. The number of anilines is 1. The van der Waals surface area contributed by atoms with E-state index in [2.05, 4.69) is 26.2 Å². The Labute approximate surface area is 246 Å². The number of para-hydroxylation sites is 1. The summed E-state index contributed by atoms with van der Waals surface area (Å²) in [6, 6.07) is 19.2. The average Bonchev–Trinajstić information content (AvgIpc) is 2.87. The number of carbonyl (C=O) groups is 2. The Bertz CT molecular complexity index is 1480. The predicted molar refractivity (Wildman–Crippen MR) is 157 cm³/mol. The Morgan fingerprint density at radius 1 is 0.821 bits per heavy atom. The number of rotatable bonds is 8. The minimum absolute atomic E-state index is 0.0179. The van der Waals surface area contributed by atoms with E-state index in [1.165, 1.54) is 24.3 Å². The minimum atomic E-state index is -4.01. The molecule has 0 bridgehead atoms. The molecule has 0 aliphatic carbocycles. The number of benzene rings is 3. The maximum Gasteiger partial charge on any atom is 0.268 e. The highest BCUT2D eigenvalue weighted by atomic mass is 35.6. The molecule has 0 aliphatic heterocycles. The number of aryl methyl sites for hydroxylation is 2. The third-order valence-corrected chi connectivity index (χ3v) is 7.46. The second-order valence-electron chi connectivity index (χ2n) is 8.28. The summed E-state index contributed by atoms with van der Waals surface area (Å²) in [5, 5.41) is 8.04. The van der Waals surface area contributed by atoms with E-state index in [0.29, 0.717) is 5.56 Å². The van der Waals surface area contributed by atoms with Crippen LogP contribution in [0.25, 0.3) is 0 Å². The maximum absolute atomic E-state index is 12.8. The lowest BCUT2D eigenvalue weighted by molar-refractivity contribution is 0.0930.